The normalized spacial score (nSPS) is 13.8. The van der Waals surface area contributed by atoms with Gasteiger partial charge in [-0.25, -0.2) is 4.79 Å². The summed E-state index contributed by atoms with van der Waals surface area (Å²) in [5, 5.41) is 3.29. The summed E-state index contributed by atoms with van der Waals surface area (Å²) >= 11 is 0. The number of esters is 1. The van der Waals surface area contributed by atoms with Gasteiger partial charge in [0, 0.05) is 5.69 Å². The highest BCUT2D eigenvalue weighted by Crippen LogP contribution is 2.37. The third-order valence-corrected chi connectivity index (χ3v) is 9.02. The smallest absolute Gasteiger partial charge is 0.332 e. The molecule has 26 heavy (non-hydrogen) atoms. The molecule has 6 heteroatoms. The predicted octanol–water partition coefficient (Wildman–Crippen LogP) is 4.96. The Labute approximate surface area is 158 Å². The van der Waals surface area contributed by atoms with Crippen LogP contribution >= 0.6 is 0 Å². The fraction of sp³-hybridized carbons (Fsp3) is 0.550. The zero-order valence-corrected chi connectivity index (χ0v) is 18.3. The van der Waals surface area contributed by atoms with Crippen LogP contribution in [-0.4, -0.2) is 34.0 Å². The number of carbonyl (C=O) groups is 1. The van der Waals surface area contributed by atoms with E-state index in [9.17, 15) is 4.79 Å². The fourth-order valence-corrected chi connectivity index (χ4v) is 3.27. The van der Waals surface area contributed by atoms with Crippen molar-refractivity contribution in [3.63, 3.8) is 0 Å². The van der Waals surface area contributed by atoms with E-state index in [-0.39, 0.29) is 11.0 Å². The molecule has 1 rings (SSSR count). The molecule has 0 aliphatic carbocycles. The Morgan fingerprint density at radius 1 is 1.23 bits per heavy atom. The monoisotopic (exact) mass is 379 g/mol. The van der Waals surface area contributed by atoms with Gasteiger partial charge in [0.05, 0.1) is 19.5 Å². The minimum absolute atomic E-state index is 0.0882. The average Bonchev–Trinajstić information content (AvgIpc) is 2.53. The van der Waals surface area contributed by atoms with Crippen molar-refractivity contribution in [2.75, 3.05) is 19.0 Å². The second kappa shape index (κ2) is 9.12. The molecule has 1 aromatic rings. The van der Waals surface area contributed by atoms with Gasteiger partial charge in [0.15, 0.2) is 0 Å². The molecular weight excluding hydrogens is 346 g/mol. The third kappa shape index (κ3) is 6.41. The van der Waals surface area contributed by atoms with Gasteiger partial charge in [-0.2, -0.15) is 0 Å². The summed E-state index contributed by atoms with van der Waals surface area (Å²) in [6.45, 7) is 14.9. The molecule has 0 saturated heterocycles. The molecule has 0 aliphatic rings. The van der Waals surface area contributed by atoms with E-state index in [0.717, 1.165) is 17.2 Å². The second-order valence-corrected chi connectivity index (χ2v) is 12.5. The Morgan fingerprint density at radius 2 is 1.81 bits per heavy atom. The molecule has 0 saturated carbocycles. The van der Waals surface area contributed by atoms with Gasteiger partial charge >= 0.3 is 5.97 Å². The number of allylic oxidation sites excluding steroid dienone is 1. The first-order valence-corrected chi connectivity index (χ1v) is 11.9. The first-order valence-electron chi connectivity index (χ1n) is 8.95. The van der Waals surface area contributed by atoms with Crippen LogP contribution in [-0.2, 0) is 14.0 Å². The van der Waals surface area contributed by atoms with Crippen LogP contribution in [0.3, 0.4) is 0 Å². The molecular formula is C20H33NO4Si. The van der Waals surface area contributed by atoms with E-state index in [1.54, 1.807) is 20.1 Å². The summed E-state index contributed by atoms with van der Waals surface area (Å²) in [7, 11) is -0.338. The van der Waals surface area contributed by atoms with Gasteiger partial charge < -0.3 is 19.2 Å². The topological polar surface area (TPSA) is 56.8 Å². The molecule has 0 fully saturated rings. The van der Waals surface area contributed by atoms with Crippen LogP contribution in [0, 0.1) is 0 Å². The minimum atomic E-state index is -1.96. The Hall–Kier alpha value is -1.95. The van der Waals surface area contributed by atoms with Crippen LogP contribution in [0.25, 0.3) is 0 Å². The van der Waals surface area contributed by atoms with E-state index >= 15 is 0 Å². The summed E-state index contributed by atoms with van der Waals surface area (Å²) in [6, 6.07) is 6.79. The van der Waals surface area contributed by atoms with Crippen molar-refractivity contribution in [3.8, 4) is 5.75 Å². The van der Waals surface area contributed by atoms with E-state index in [1.807, 2.05) is 31.2 Å². The van der Waals surface area contributed by atoms with E-state index in [0.29, 0.717) is 6.61 Å². The van der Waals surface area contributed by atoms with Crippen molar-refractivity contribution in [3.05, 3.63) is 36.1 Å². The number of ether oxygens (including phenoxy) is 2. The molecule has 0 bridgehead atoms. The van der Waals surface area contributed by atoms with Crippen LogP contribution in [0.15, 0.2) is 36.1 Å². The Kier molecular flexibility index (Phi) is 7.75. The maximum absolute atomic E-state index is 12.4. The summed E-state index contributed by atoms with van der Waals surface area (Å²) in [5.74, 6) is 1.16. The van der Waals surface area contributed by atoms with Gasteiger partial charge in [0.2, 0.25) is 8.32 Å². The van der Waals surface area contributed by atoms with E-state index in [1.165, 1.54) is 0 Å². The van der Waals surface area contributed by atoms with Crippen LogP contribution < -0.4 is 10.1 Å². The standard InChI is InChI=1S/C20H33NO4Si/c1-9-24-19(22)18(21-16-10-12-17(23-6)13-11-16)14-15(2)25-26(7,8)20(3,4)5/h10-14,18,21H,9H2,1-8H3/b15-14-. The molecule has 1 aromatic carbocycles. The number of anilines is 1. The zero-order valence-electron chi connectivity index (χ0n) is 17.3. The van der Waals surface area contributed by atoms with Gasteiger partial charge in [-0.3, -0.25) is 0 Å². The van der Waals surface area contributed by atoms with Crippen LogP contribution in [0.5, 0.6) is 5.75 Å². The zero-order chi connectivity index (χ0) is 20.0. The first kappa shape index (κ1) is 22.1. The Balaban J connectivity index is 2.99. The molecule has 1 unspecified atom stereocenters. The van der Waals surface area contributed by atoms with Gasteiger partial charge in [-0.1, -0.05) is 20.8 Å². The highest BCUT2D eigenvalue weighted by atomic mass is 28.4. The fourth-order valence-electron chi connectivity index (χ4n) is 2.09. The molecule has 1 atom stereocenters. The van der Waals surface area contributed by atoms with Crippen LogP contribution in [0.4, 0.5) is 5.69 Å². The quantitative estimate of drug-likeness (QED) is 0.393. The van der Waals surface area contributed by atoms with Crippen molar-refractivity contribution >= 4 is 20.0 Å². The Morgan fingerprint density at radius 3 is 2.27 bits per heavy atom. The van der Waals surface area contributed by atoms with E-state index in [4.69, 9.17) is 13.9 Å². The molecule has 1 N–H and O–H groups in total. The molecule has 0 spiro atoms. The van der Waals surface area contributed by atoms with Crippen molar-refractivity contribution in [2.24, 2.45) is 0 Å². The third-order valence-electron chi connectivity index (χ3n) is 4.58. The number of nitrogens with one attached hydrogen (secondary N) is 1. The minimum Gasteiger partial charge on any atom is -0.547 e. The molecule has 0 aliphatic heterocycles. The number of hydrogen-bond acceptors (Lipinski definition) is 5. The molecule has 0 heterocycles. The van der Waals surface area contributed by atoms with Crippen molar-refractivity contribution in [1.29, 1.82) is 0 Å². The summed E-state index contributed by atoms with van der Waals surface area (Å²) < 4.78 is 16.6. The van der Waals surface area contributed by atoms with Crippen molar-refractivity contribution < 1.29 is 18.7 Å². The molecule has 0 aromatic heterocycles. The number of rotatable bonds is 8. The summed E-state index contributed by atoms with van der Waals surface area (Å²) in [5.41, 5.74) is 0.806. The molecule has 0 radical (unpaired) electrons. The number of benzene rings is 1. The maximum Gasteiger partial charge on any atom is 0.332 e. The van der Waals surface area contributed by atoms with Gasteiger partial charge in [0.25, 0.3) is 0 Å². The lowest BCUT2D eigenvalue weighted by atomic mass is 10.2. The lowest BCUT2D eigenvalue weighted by molar-refractivity contribution is -0.142. The lowest BCUT2D eigenvalue weighted by Crippen LogP contribution is -2.40. The van der Waals surface area contributed by atoms with E-state index in [2.05, 4.69) is 39.2 Å². The summed E-state index contributed by atoms with van der Waals surface area (Å²) in [4.78, 5) is 12.4. The van der Waals surface area contributed by atoms with E-state index < -0.39 is 14.4 Å². The number of hydrogen-bond donors (Lipinski definition) is 1. The highest BCUT2D eigenvalue weighted by Gasteiger charge is 2.39. The van der Waals surface area contributed by atoms with Crippen molar-refractivity contribution in [1.82, 2.24) is 0 Å². The van der Waals surface area contributed by atoms with Crippen LogP contribution in [0.2, 0.25) is 18.1 Å². The largest absolute Gasteiger partial charge is 0.547 e. The lowest BCUT2D eigenvalue weighted by Gasteiger charge is -2.37. The molecule has 146 valence electrons. The molecule has 5 nitrogen and oxygen atoms in total. The SMILES string of the molecule is CCOC(=O)C(/C=C(/C)O[Si](C)(C)C(C)(C)C)Nc1ccc(OC)cc1. The van der Waals surface area contributed by atoms with Gasteiger partial charge in [0.1, 0.15) is 11.8 Å². The van der Waals surface area contributed by atoms with Gasteiger partial charge in [-0.05, 0) is 62.3 Å². The predicted molar refractivity (Wildman–Crippen MR) is 109 cm³/mol. The average molecular weight is 380 g/mol. The number of carbonyl (C=O) groups excluding carboxylic acids is 1. The maximum atomic E-state index is 12.4. The second-order valence-electron chi connectivity index (χ2n) is 7.74. The molecule has 0 amide bonds. The van der Waals surface area contributed by atoms with Crippen LogP contribution in [0.1, 0.15) is 34.6 Å². The first-order chi connectivity index (χ1) is 12.0. The number of methoxy groups -OCH3 is 1. The summed E-state index contributed by atoms with van der Waals surface area (Å²) in [6.07, 6.45) is 1.79. The highest BCUT2D eigenvalue weighted by molar-refractivity contribution is 6.74. The Bertz CT molecular complexity index is 618. The van der Waals surface area contributed by atoms with Crippen molar-refractivity contribution in [2.45, 2.75) is 58.8 Å². The van der Waals surface area contributed by atoms with Gasteiger partial charge in [-0.15, -0.1) is 0 Å².